The molecule has 4 atom stereocenters. The second-order valence-electron chi connectivity index (χ2n) is 7.96. The molecule has 2 saturated heterocycles. The molecule has 0 unspecified atom stereocenters. The molecule has 2 bridgehead atoms. The van der Waals surface area contributed by atoms with E-state index in [4.69, 9.17) is 4.74 Å². The van der Waals surface area contributed by atoms with Gasteiger partial charge in [0, 0.05) is 25.2 Å². The number of carbonyl (C=O) groups is 2. The van der Waals surface area contributed by atoms with Crippen molar-refractivity contribution in [2.45, 2.75) is 38.5 Å². The Morgan fingerprint density at radius 3 is 3.04 bits per heavy atom. The lowest BCUT2D eigenvalue weighted by Gasteiger charge is -2.27. The molecule has 3 aliphatic rings. The van der Waals surface area contributed by atoms with E-state index in [1.807, 2.05) is 22.4 Å². The van der Waals surface area contributed by atoms with E-state index in [1.165, 1.54) is 11.3 Å². The lowest BCUT2D eigenvalue weighted by Crippen LogP contribution is -2.44. The van der Waals surface area contributed by atoms with E-state index in [0.717, 1.165) is 18.0 Å². The molecule has 0 aromatic carbocycles. The molecule has 6 nitrogen and oxygen atoms in total. The van der Waals surface area contributed by atoms with E-state index in [2.05, 4.69) is 18.8 Å². The average molecular weight is 375 g/mol. The SMILES string of the molecule is CC(C)CCN1C[C@]23C=C[C@H](O2)[C@@H](C(=O)N(C)Cc2nccs2)[C@@H]3C1=O. The van der Waals surface area contributed by atoms with Crippen molar-refractivity contribution in [3.05, 3.63) is 28.7 Å². The second-order valence-corrected chi connectivity index (χ2v) is 8.94. The van der Waals surface area contributed by atoms with Gasteiger partial charge in [0.05, 0.1) is 31.0 Å². The molecular formula is C19H25N3O3S. The third kappa shape index (κ3) is 2.77. The highest BCUT2D eigenvalue weighted by atomic mass is 32.1. The molecule has 1 aromatic heterocycles. The van der Waals surface area contributed by atoms with Gasteiger partial charge in [-0.2, -0.15) is 0 Å². The van der Waals surface area contributed by atoms with Gasteiger partial charge in [0.25, 0.3) is 0 Å². The zero-order chi connectivity index (χ0) is 18.5. The summed E-state index contributed by atoms with van der Waals surface area (Å²) < 4.78 is 6.18. The fraction of sp³-hybridized carbons (Fsp3) is 0.632. The molecule has 0 radical (unpaired) electrons. The summed E-state index contributed by atoms with van der Waals surface area (Å²) in [5, 5.41) is 2.80. The van der Waals surface area contributed by atoms with Crippen molar-refractivity contribution < 1.29 is 14.3 Å². The fourth-order valence-corrected chi connectivity index (χ4v) is 5.00. The van der Waals surface area contributed by atoms with Crippen LogP contribution >= 0.6 is 11.3 Å². The van der Waals surface area contributed by atoms with Crippen LogP contribution in [-0.2, 0) is 20.9 Å². The van der Waals surface area contributed by atoms with Crippen molar-refractivity contribution >= 4 is 23.2 Å². The van der Waals surface area contributed by atoms with Crippen molar-refractivity contribution in [1.29, 1.82) is 0 Å². The molecule has 1 spiro atoms. The van der Waals surface area contributed by atoms with Gasteiger partial charge in [0.1, 0.15) is 10.6 Å². The summed E-state index contributed by atoms with van der Waals surface area (Å²) in [6.07, 6.45) is 6.39. The Kier molecular flexibility index (Phi) is 4.39. The van der Waals surface area contributed by atoms with Crippen LogP contribution in [0.25, 0.3) is 0 Å². The summed E-state index contributed by atoms with van der Waals surface area (Å²) in [4.78, 5) is 34.0. The van der Waals surface area contributed by atoms with Crippen LogP contribution in [0.15, 0.2) is 23.7 Å². The van der Waals surface area contributed by atoms with Gasteiger partial charge in [-0.1, -0.05) is 26.0 Å². The first-order valence-corrected chi connectivity index (χ1v) is 10.1. The quantitative estimate of drug-likeness (QED) is 0.713. The first kappa shape index (κ1) is 17.7. The normalized spacial score (nSPS) is 31.9. The van der Waals surface area contributed by atoms with Gasteiger partial charge in [-0.25, -0.2) is 4.98 Å². The predicted octanol–water partition coefficient (Wildman–Crippen LogP) is 1.93. The Bertz CT molecular complexity index is 732. The predicted molar refractivity (Wildman–Crippen MR) is 98.3 cm³/mol. The van der Waals surface area contributed by atoms with E-state index in [0.29, 0.717) is 19.0 Å². The van der Waals surface area contributed by atoms with Gasteiger partial charge in [0.2, 0.25) is 11.8 Å². The van der Waals surface area contributed by atoms with Gasteiger partial charge < -0.3 is 14.5 Å². The first-order valence-electron chi connectivity index (χ1n) is 9.20. The highest BCUT2D eigenvalue weighted by Crippen LogP contribution is 2.52. The van der Waals surface area contributed by atoms with Gasteiger partial charge in [-0.15, -0.1) is 11.3 Å². The van der Waals surface area contributed by atoms with Crippen LogP contribution in [0.5, 0.6) is 0 Å². The van der Waals surface area contributed by atoms with E-state index < -0.39 is 17.4 Å². The summed E-state index contributed by atoms with van der Waals surface area (Å²) in [5.41, 5.74) is -0.610. The largest absolute Gasteiger partial charge is 0.360 e. The molecule has 140 valence electrons. The maximum Gasteiger partial charge on any atom is 0.230 e. The molecule has 4 rings (SSSR count). The number of hydrogen-bond acceptors (Lipinski definition) is 5. The van der Waals surface area contributed by atoms with Gasteiger partial charge >= 0.3 is 0 Å². The number of carbonyl (C=O) groups excluding carboxylic acids is 2. The summed E-state index contributed by atoms with van der Waals surface area (Å²) >= 11 is 1.53. The number of nitrogens with zero attached hydrogens (tertiary/aromatic N) is 3. The molecular weight excluding hydrogens is 350 g/mol. The van der Waals surface area contributed by atoms with E-state index >= 15 is 0 Å². The van der Waals surface area contributed by atoms with Crippen LogP contribution in [0, 0.1) is 17.8 Å². The molecule has 7 heteroatoms. The molecule has 2 amide bonds. The van der Waals surface area contributed by atoms with Gasteiger partial charge in [-0.3, -0.25) is 9.59 Å². The summed E-state index contributed by atoms with van der Waals surface area (Å²) in [7, 11) is 1.78. The monoisotopic (exact) mass is 375 g/mol. The third-order valence-corrected chi connectivity index (χ3v) is 6.44. The lowest BCUT2D eigenvalue weighted by atomic mass is 9.76. The standard InChI is InChI=1S/C19H25N3O3S/c1-12(2)5-8-22-11-19-6-4-13(25-19)15(16(19)18(22)24)17(23)21(3)10-14-20-7-9-26-14/h4,6-7,9,12-13,15-16H,5,8,10-11H2,1-3H3/t13-,15+,16+,19-/m0/s1. The number of amides is 2. The number of aromatic nitrogens is 1. The Morgan fingerprint density at radius 2 is 2.35 bits per heavy atom. The van der Waals surface area contributed by atoms with Crippen molar-refractivity contribution in [2.75, 3.05) is 20.1 Å². The Hall–Kier alpha value is -1.73. The van der Waals surface area contributed by atoms with E-state index in [-0.39, 0.29) is 17.9 Å². The van der Waals surface area contributed by atoms with Crippen molar-refractivity contribution in [3.63, 3.8) is 0 Å². The first-order chi connectivity index (χ1) is 12.4. The van der Waals surface area contributed by atoms with Crippen LogP contribution < -0.4 is 0 Å². The Labute approximate surface area is 157 Å². The lowest BCUT2D eigenvalue weighted by molar-refractivity contribution is -0.142. The van der Waals surface area contributed by atoms with E-state index in [1.54, 1.807) is 18.1 Å². The zero-order valence-electron chi connectivity index (χ0n) is 15.4. The summed E-state index contributed by atoms with van der Waals surface area (Å²) in [6.45, 7) is 6.07. The zero-order valence-corrected chi connectivity index (χ0v) is 16.2. The van der Waals surface area contributed by atoms with Gasteiger partial charge in [0.15, 0.2) is 0 Å². The number of ether oxygens (including phenoxy) is 1. The third-order valence-electron chi connectivity index (χ3n) is 5.67. The molecule has 0 N–H and O–H groups in total. The minimum atomic E-state index is -0.610. The topological polar surface area (TPSA) is 62.7 Å². The number of thiazole rings is 1. The van der Waals surface area contributed by atoms with Gasteiger partial charge in [-0.05, 0) is 12.3 Å². The second kappa shape index (κ2) is 6.46. The maximum absolute atomic E-state index is 13.1. The summed E-state index contributed by atoms with van der Waals surface area (Å²) in [5.74, 6) is -0.244. The smallest absolute Gasteiger partial charge is 0.230 e. The molecule has 26 heavy (non-hydrogen) atoms. The van der Waals surface area contributed by atoms with Crippen LogP contribution in [0.1, 0.15) is 25.3 Å². The molecule has 4 heterocycles. The van der Waals surface area contributed by atoms with Crippen LogP contribution in [0.2, 0.25) is 0 Å². The minimum absolute atomic E-state index is 0.0273. The van der Waals surface area contributed by atoms with Crippen LogP contribution in [0.3, 0.4) is 0 Å². The Morgan fingerprint density at radius 1 is 1.54 bits per heavy atom. The molecule has 2 fully saturated rings. The molecule has 0 saturated carbocycles. The fourth-order valence-electron chi connectivity index (χ4n) is 4.33. The van der Waals surface area contributed by atoms with Crippen molar-refractivity contribution in [1.82, 2.24) is 14.8 Å². The number of likely N-dealkylation sites (tertiary alicyclic amines) is 1. The van der Waals surface area contributed by atoms with E-state index in [9.17, 15) is 9.59 Å². The van der Waals surface area contributed by atoms with Crippen LogP contribution in [0.4, 0.5) is 0 Å². The maximum atomic E-state index is 13.1. The number of fused-ring (bicyclic) bond motifs is 1. The molecule has 3 aliphatic heterocycles. The number of hydrogen-bond donors (Lipinski definition) is 0. The van der Waals surface area contributed by atoms with Crippen molar-refractivity contribution in [2.24, 2.45) is 17.8 Å². The number of rotatable bonds is 6. The minimum Gasteiger partial charge on any atom is -0.360 e. The van der Waals surface area contributed by atoms with Crippen molar-refractivity contribution in [3.8, 4) is 0 Å². The Balaban J connectivity index is 1.52. The molecule has 1 aromatic rings. The highest BCUT2D eigenvalue weighted by molar-refractivity contribution is 7.09. The molecule has 0 aliphatic carbocycles. The highest BCUT2D eigenvalue weighted by Gasteiger charge is 2.66. The average Bonchev–Trinajstić information content (AvgIpc) is 3.35. The van der Waals surface area contributed by atoms with Crippen LogP contribution in [-0.4, -0.2) is 58.4 Å². The summed E-state index contributed by atoms with van der Waals surface area (Å²) in [6, 6.07) is 0.